The Morgan fingerprint density at radius 3 is 2.53 bits per heavy atom. The van der Waals surface area contributed by atoms with Crippen molar-refractivity contribution in [2.45, 2.75) is 37.9 Å². The summed E-state index contributed by atoms with van der Waals surface area (Å²) >= 11 is 0. The van der Waals surface area contributed by atoms with Crippen LogP contribution in [0.15, 0.2) is 0 Å². The summed E-state index contributed by atoms with van der Waals surface area (Å²) in [5, 5.41) is 2.52. The molecule has 1 aliphatic carbocycles. The molecular formula is C10H22N2O2S. The van der Waals surface area contributed by atoms with E-state index in [1.54, 1.807) is 14.0 Å². The summed E-state index contributed by atoms with van der Waals surface area (Å²) in [5.41, 5.74) is 0. The van der Waals surface area contributed by atoms with Crippen molar-refractivity contribution in [3.05, 3.63) is 0 Å². The number of hydrogen-bond acceptors (Lipinski definition) is 3. The highest BCUT2D eigenvalue weighted by molar-refractivity contribution is 7.90. The van der Waals surface area contributed by atoms with E-state index >= 15 is 0 Å². The van der Waals surface area contributed by atoms with Gasteiger partial charge in [0, 0.05) is 13.1 Å². The van der Waals surface area contributed by atoms with E-state index in [1.807, 2.05) is 0 Å². The molecule has 1 unspecified atom stereocenters. The highest BCUT2D eigenvalue weighted by atomic mass is 32.2. The molecular weight excluding hydrogens is 212 g/mol. The normalized spacial score (nSPS) is 19.9. The van der Waals surface area contributed by atoms with Gasteiger partial charge in [0.1, 0.15) is 0 Å². The average molecular weight is 234 g/mol. The summed E-state index contributed by atoms with van der Waals surface area (Å²) in [6.07, 6.45) is 4.85. The second-order valence-corrected chi connectivity index (χ2v) is 6.58. The maximum absolute atomic E-state index is 11.7. The highest BCUT2D eigenvalue weighted by Crippen LogP contribution is 2.28. The van der Waals surface area contributed by atoms with Gasteiger partial charge in [-0.1, -0.05) is 19.3 Å². The quantitative estimate of drug-likeness (QED) is 0.682. The van der Waals surface area contributed by atoms with Crippen molar-refractivity contribution in [3.8, 4) is 0 Å². The molecule has 1 aliphatic rings. The molecule has 0 aromatic carbocycles. The van der Waals surface area contributed by atoms with Crippen molar-refractivity contribution in [2.24, 2.45) is 5.92 Å². The van der Waals surface area contributed by atoms with Gasteiger partial charge >= 0.3 is 0 Å². The number of nitrogens with one attached hydrogen (secondary N) is 2. The minimum Gasteiger partial charge on any atom is -0.318 e. The molecule has 0 radical (unpaired) electrons. The van der Waals surface area contributed by atoms with E-state index in [9.17, 15) is 8.42 Å². The fourth-order valence-corrected chi connectivity index (χ4v) is 2.80. The van der Waals surface area contributed by atoms with Gasteiger partial charge in [-0.2, -0.15) is 0 Å². The smallest absolute Gasteiger partial charge is 0.215 e. The lowest BCUT2D eigenvalue weighted by molar-refractivity contribution is 0.297. The minimum atomic E-state index is -3.11. The van der Waals surface area contributed by atoms with Gasteiger partial charge in [0.25, 0.3) is 0 Å². The molecule has 0 aromatic heterocycles. The first kappa shape index (κ1) is 12.9. The molecule has 0 aliphatic heterocycles. The molecule has 1 rings (SSSR count). The van der Waals surface area contributed by atoms with Crippen LogP contribution < -0.4 is 10.0 Å². The van der Waals surface area contributed by atoms with Crippen molar-refractivity contribution in [3.63, 3.8) is 0 Å². The summed E-state index contributed by atoms with van der Waals surface area (Å²) in [7, 11) is -1.35. The van der Waals surface area contributed by atoms with Crippen LogP contribution in [0.1, 0.15) is 32.6 Å². The highest BCUT2D eigenvalue weighted by Gasteiger charge is 2.21. The van der Waals surface area contributed by atoms with Crippen molar-refractivity contribution < 1.29 is 8.42 Å². The minimum absolute atomic E-state index is 0.358. The number of rotatable bonds is 7. The van der Waals surface area contributed by atoms with E-state index < -0.39 is 10.0 Å². The van der Waals surface area contributed by atoms with Gasteiger partial charge in [0.05, 0.1) is 5.25 Å². The molecule has 2 N–H and O–H groups in total. The van der Waals surface area contributed by atoms with Gasteiger partial charge in [-0.05, 0) is 26.3 Å². The van der Waals surface area contributed by atoms with Gasteiger partial charge in [0.15, 0.2) is 0 Å². The van der Waals surface area contributed by atoms with E-state index in [4.69, 9.17) is 0 Å². The van der Waals surface area contributed by atoms with E-state index in [2.05, 4.69) is 10.0 Å². The second-order valence-electron chi connectivity index (χ2n) is 4.39. The number of sulfonamides is 1. The molecule has 0 bridgehead atoms. The Hall–Kier alpha value is -0.130. The van der Waals surface area contributed by atoms with Gasteiger partial charge in [-0.25, -0.2) is 13.1 Å². The van der Waals surface area contributed by atoms with Gasteiger partial charge in [-0.3, -0.25) is 0 Å². The van der Waals surface area contributed by atoms with E-state index in [0.29, 0.717) is 13.1 Å². The van der Waals surface area contributed by atoms with Gasteiger partial charge < -0.3 is 5.32 Å². The summed E-state index contributed by atoms with van der Waals surface area (Å²) < 4.78 is 26.0. The van der Waals surface area contributed by atoms with Crippen LogP contribution in [0.3, 0.4) is 0 Å². The molecule has 0 amide bonds. The van der Waals surface area contributed by atoms with Crippen LogP contribution in [-0.2, 0) is 10.0 Å². The third kappa shape index (κ3) is 4.09. The van der Waals surface area contributed by atoms with E-state index in [1.165, 1.54) is 19.3 Å². The molecule has 1 atom stereocenters. The van der Waals surface area contributed by atoms with Crippen LogP contribution in [0, 0.1) is 5.92 Å². The zero-order valence-corrected chi connectivity index (χ0v) is 10.4. The monoisotopic (exact) mass is 234 g/mol. The lowest BCUT2D eigenvalue weighted by atomic mass is 9.83. The summed E-state index contributed by atoms with van der Waals surface area (Å²) in [6, 6.07) is 0. The van der Waals surface area contributed by atoms with E-state index in [0.717, 1.165) is 12.3 Å². The summed E-state index contributed by atoms with van der Waals surface area (Å²) in [6.45, 7) is 2.82. The first-order valence-corrected chi connectivity index (χ1v) is 7.24. The lowest BCUT2D eigenvalue weighted by Gasteiger charge is -2.25. The predicted octanol–water partition coefficient (Wildman–Crippen LogP) is 0.704. The Labute approximate surface area is 92.9 Å². The molecule has 0 spiro atoms. The fraction of sp³-hybridized carbons (Fsp3) is 1.00. The largest absolute Gasteiger partial charge is 0.318 e. The Morgan fingerprint density at radius 1 is 1.40 bits per heavy atom. The Morgan fingerprint density at radius 2 is 2.07 bits per heavy atom. The molecule has 5 heteroatoms. The van der Waals surface area contributed by atoms with Crippen LogP contribution >= 0.6 is 0 Å². The lowest BCUT2D eigenvalue weighted by Crippen LogP contribution is -2.39. The standard InChI is InChI=1S/C10H22N2O2S/c1-9(8-11-2)15(13,14)12-7-6-10-4-3-5-10/h9-12H,3-8H2,1-2H3. The SMILES string of the molecule is CNCC(C)S(=O)(=O)NCCC1CCC1. The molecule has 15 heavy (non-hydrogen) atoms. The topological polar surface area (TPSA) is 58.2 Å². The third-order valence-electron chi connectivity index (χ3n) is 3.10. The first-order valence-electron chi connectivity index (χ1n) is 5.69. The third-order valence-corrected chi connectivity index (χ3v) is 4.93. The van der Waals surface area contributed by atoms with Crippen LogP contribution in [0.25, 0.3) is 0 Å². The average Bonchev–Trinajstić information content (AvgIpc) is 2.10. The Kier molecular flexibility index (Phi) is 5.02. The van der Waals surface area contributed by atoms with Crippen molar-refractivity contribution in [1.82, 2.24) is 10.0 Å². The Bertz CT molecular complexity index is 273. The zero-order chi connectivity index (χ0) is 11.3. The molecule has 1 saturated carbocycles. The molecule has 0 heterocycles. The Balaban J connectivity index is 2.22. The molecule has 90 valence electrons. The first-order chi connectivity index (χ1) is 7.06. The van der Waals surface area contributed by atoms with Crippen LogP contribution in [-0.4, -0.2) is 33.8 Å². The molecule has 4 nitrogen and oxygen atoms in total. The van der Waals surface area contributed by atoms with Crippen molar-refractivity contribution in [2.75, 3.05) is 20.1 Å². The number of hydrogen-bond donors (Lipinski definition) is 2. The van der Waals surface area contributed by atoms with Gasteiger partial charge in [-0.15, -0.1) is 0 Å². The van der Waals surface area contributed by atoms with Gasteiger partial charge in [0.2, 0.25) is 10.0 Å². The zero-order valence-electron chi connectivity index (χ0n) is 9.62. The maximum atomic E-state index is 11.7. The molecule has 0 saturated heterocycles. The summed E-state index contributed by atoms with van der Waals surface area (Å²) in [4.78, 5) is 0. The van der Waals surface area contributed by atoms with Crippen LogP contribution in [0.5, 0.6) is 0 Å². The van der Waals surface area contributed by atoms with Crippen LogP contribution in [0.2, 0.25) is 0 Å². The van der Waals surface area contributed by atoms with Crippen molar-refractivity contribution in [1.29, 1.82) is 0 Å². The van der Waals surface area contributed by atoms with Crippen molar-refractivity contribution >= 4 is 10.0 Å². The van der Waals surface area contributed by atoms with E-state index in [-0.39, 0.29) is 5.25 Å². The maximum Gasteiger partial charge on any atom is 0.215 e. The fourth-order valence-electron chi connectivity index (χ4n) is 1.73. The van der Waals surface area contributed by atoms with Crippen LogP contribution in [0.4, 0.5) is 0 Å². The molecule has 1 fully saturated rings. The second kappa shape index (κ2) is 5.82. The molecule has 0 aromatic rings. The predicted molar refractivity (Wildman–Crippen MR) is 62.3 cm³/mol. The summed E-state index contributed by atoms with van der Waals surface area (Å²) in [5.74, 6) is 0.757.